The molecule has 0 saturated heterocycles. The van der Waals surface area contributed by atoms with Gasteiger partial charge in [0.1, 0.15) is 23.0 Å². The zero-order chi connectivity index (χ0) is 20.4. The van der Waals surface area contributed by atoms with Gasteiger partial charge in [-0.15, -0.1) is 0 Å². The Labute approximate surface area is 169 Å². The lowest BCUT2D eigenvalue weighted by Crippen LogP contribution is -2.02. The Hall–Kier alpha value is -3.29. The zero-order valence-electron chi connectivity index (χ0n) is 14.1. The maximum Gasteiger partial charge on any atom is 0.154 e. The van der Waals surface area contributed by atoms with Crippen LogP contribution in [0.5, 0.6) is 23.0 Å². The first-order chi connectivity index (χ1) is 13.3. The second-order valence-electron chi connectivity index (χ2n) is 5.77. The van der Waals surface area contributed by atoms with Crippen LogP contribution in [0.2, 0.25) is 10.0 Å². The van der Waals surface area contributed by atoms with Gasteiger partial charge in [-0.25, -0.2) is 0 Å². The van der Waals surface area contributed by atoms with Gasteiger partial charge in [0.2, 0.25) is 0 Å². The monoisotopic (exact) mass is 420 g/mol. The first-order valence-electron chi connectivity index (χ1n) is 7.85. The van der Waals surface area contributed by atoms with Gasteiger partial charge in [0.25, 0.3) is 0 Å². The third kappa shape index (κ3) is 3.85. The quantitative estimate of drug-likeness (QED) is 0.192. The van der Waals surface area contributed by atoms with Crippen LogP contribution < -0.4 is 10.6 Å². The fourth-order valence-corrected chi connectivity index (χ4v) is 2.98. The van der Waals surface area contributed by atoms with E-state index in [2.05, 4.69) is 10.6 Å². The highest BCUT2D eigenvalue weighted by atomic mass is 35.5. The van der Waals surface area contributed by atoms with E-state index < -0.39 is 11.5 Å². The normalized spacial score (nSPS) is 10.5. The molecule has 144 valence electrons. The van der Waals surface area contributed by atoms with Crippen LogP contribution in [0.25, 0.3) is 0 Å². The van der Waals surface area contributed by atoms with Crippen LogP contribution in [-0.2, 0) is 0 Å². The van der Waals surface area contributed by atoms with Crippen molar-refractivity contribution in [2.75, 3.05) is 10.6 Å². The Bertz CT molecular complexity index is 995. The molecule has 0 amide bonds. The van der Waals surface area contributed by atoms with Crippen molar-refractivity contribution in [2.45, 2.75) is 0 Å². The molecule has 0 radical (unpaired) electrons. The number of aldehydes is 1. The molecule has 0 aromatic heterocycles. The van der Waals surface area contributed by atoms with Gasteiger partial charge in [0.05, 0.1) is 38.4 Å². The topological polar surface area (TPSA) is 122 Å². The molecule has 0 saturated carbocycles. The Morgan fingerprint density at radius 2 is 1.14 bits per heavy atom. The van der Waals surface area contributed by atoms with E-state index >= 15 is 0 Å². The molecule has 28 heavy (non-hydrogen) atoms. The summed E-state index contributed by atoms with van der Waals surface area (Å²) in [5.41, 5.74) is 0.510. The van der Waals surface area contributed by atoms with Crippen LogP contribution in [0.15, 0.2) is 42.5 Å². The molecule has 0 bridgehead atoms. The predicted molar refractivity (Wildman–Crippen MR) is 108 cm³/mol. The van der Waals surface area contributed by atoms with Crippen molar-refractivity contribution in [2.24, 2.45) is 0 Å². The minimum atomic E-state index is -0.397. The summed E-state index contributed by atoms with van der Waals surface area (Å²) >= 11 is 12.1. The fourth-order valence-electron chi connectivity index (χ4n) is 2.54. The number of phenols is 4. The second-order valence-corrected chi connectivity index (χ2v) is 6.59. The highest BCUT2D eigenvalue weighted by molar-refractivity contribution is 6.34. The van der Waals surface area contributed by atoms with Gasteiger partial charge in [-0.1, -0.05) is 23.2 Å². The summed E-state index contributed by atoms with van der Waals surface area (Å²) in [5.74, 6) is -0.895. The molecule has 0 unspecified atom stereocenters. The van der Waals surface area contributed by atoms with E-state index in [1.165, 1.54) is 36.4 Å². The van der Waals surface area contributed by atoms with Crippen molar-refractivity contribution in [3.8, 4) is 23.0 Å². The standard InChI is InChI=1S/C19H14Cl2N2O5/c20-12-5-9(25)1-3-14(12)22-18-11(8-24)19(17(28)7-16(18)27)23-15-4-2-10(26)6-13(15)21/h1-8,22-23,25-28H. The summed E-state index contributed by atoms with van der Waals surface area (Å²) in [4.78, 5) is 11.8. The van der Waals surface area contributed by atoms with Gasteiger partial charge in [-0.3, -0.25) is 4.79 Å². The summed E-state index contributed by atoms with van der Waals surface area (Å²) in [6, 6.07) is 9.29. The van der Waals surface area contributed by atoms with Crippen LogP contribution in [0.4, 0.5) is 22.7 Å². The molecular formula is C19H14Cl2N2O5. The highest BCUT2D eigenvalue weighted by Gasteiger charge is 2.19. The van der Waals surface area contributed by atoms with Crippen LogP contribution in [0.3, 0.4) is 0 Å². The Morgan fingerprint density at radius 3 is 1.50 bits per heavy atom. The minimum absolute atomic E-state index is 0.0159. The molecule has 0 heterocycles. The largest absolute Gasteiger partial charge is 0.508 e. The first kappa shape index (κ1) is 19.5. The zero-order valence-corrected chi connectivity index (χ0v) is 15.6. The molecule has 0 atom stereocenters. The van der Waals surface area contributed by atoms with E-state index in [0.717, 1.165) is 6.07 Å². The van der Waals surface area contributed by atoms with Crippen molar-refractivity contribution < 1.29 is 25.2 Å². The number of aromatic hydroxyl groups is 4. The predicted octanol–water partition coefficient (Wildman–Crippen LogP) is 5.12. The van der Waals surface area contributed by atoms with E-state index in [1.807, 2.05) is 0 Å². The number of halogens is 2. The highest BCUT2D eigenvalue weighted by Crippen LogP contribution is 2.43. The number of benzene rings is 3. The summed E-state index contributed by atoms with van der Waals surface area (Å²) in [7, 11) is 0. The molecule has 0 fully saturated rings. The van der Waals surface area contributed by atoms with Crippen LogP contribution >= 0.6 is 23.2 Å². The molecule has 0 spiro atoms. The van der Waals surface area contributed by atoms with Crippen LogP contribution in [0.1, 0.15) is 10.4 Å². The number of hydrogen-bond acceptors (Lipinski definition) is 7. The van der Waals surface area contributed by atoms with E-state index in [-0.39, 0.29) is 38.5 Å². The lowest BCUT2D eigenvalue weighted by Gasteiger charge is -2.18. The summed E-state index contributed by atoms with van der Waals surface area (Å²) in [6.45, 7) is 0. The summed E-state index contributed by atoms with van der Waals surface area (Å²) < 4.78 is 0. The van der Waals surface area contributed by atoms with E-state index in [1.54, 1.807) is 0 Å². The third-order valence-corrected chi connectivity index (χ3v) is 4.49. The van der Waals surface area contributed by atoms with Gasteiger partial charge >= 0.3 is 0 Å². The van der Waals surface area contributed by atoms with Crippen LogP contribution in [-0.4, -0.2) is 26.7 Å². The molecule has 0 aliphatic carbocycles. The lowest BCUT2D eigenvalue weighted by atomic mass is 10.1. The number of anilines is 4. The maximum atomic E-state index is 11.8. The average molecular weight is 421 g/mol. The Balaban J connectivity index is 2.08. The molecule has 0 aliphatic rings. The van der Waals surface area contributed by atoms with E-state index in [4.69, 9.17) is 23.2 Å². The number of phenolic OH excluding ortho intramolecular Hbond substituents is 4. The number of hydrogen-bond donors (Lipinski definition) is 6. The third-order valence-electron chi connectivity index (χ3n) is 3.87. The molecule has 9 heteroatoms. The fraction of sp³-hybridized carbons (Fsp3) is 0. The van der Waals surface area contributed by atoms with Crippen molar-refractivity contribution >= 4 is 52.2 Å². The molecule has 0 aliphatic heterocycles. The molecular weight excluding hydrogens is 407 g/mol. The van der Waals surface area contributed by atoms with Gasteiger partial charge < -0.3 is 31.1 Å². The van der Waals surface area contributed by atoms with Crippen molar-refractivity contribution in [1.82, 2.24) is 0 Å². The van der Waals surface area contributed by atoms with Crippen LogP contribution in [0, 0.1) is 0 Å². The van der Waals surface area contributed by atoms with Gasteiger partial charge in [-0.2, -0.15) is 0 Å². The number of carbonyl (C=O) groups excluding carboxylic acids is 1. The van der Waals surface area contributed by atoms with Crippen molar-refractivity contribution in [1.29, 1.82) is 0 Å². The minimum Gasteiger partial charge on any atom is -0.508 e. The number of carbonyl (C=O) groups is 1. The smallest absolute Gasteiger partial charge is 0.154 e. The number of rotatable bonds is 5. The first-order valence-corrected chi connectivity index (χ1v) is 8.61. The summed E-state index contributed by atoms with van der Waals surface area (Å²) in [5, 5.41) is 45.3. The molecule has 3 aromatic rings. The van der Waals surface area contributed by atoms with E-state index in [0.29, 0.717) is 17.7 Å². The van der Waals surface area contributed by atoms with Crippen molar-refractivity contribution in [3.05, 3.63) is 58.1 Å². The van der Waals surface area contributed by atoms with Crippen molar-refractivity contribution in [3.63, 3.8) is 0 Å². The molecule has 3 rings (SSSR count). The Kier molecular flexibility index (Phi) is 5.39. The molecule has 6 N–H and O–H groups in total. The number of nitrogens with one attached hydrogen (secondary N) is 2. The second kappa shape index (κ2) is 7.75. The van der Waals surface area contributed by atoms with Gasteiger partial charge in [0, 0.05) is 18.2 Å². The molecule has 7 nitrogen and oxygen atoms in total. The van der Waals surface area contributed by atoms with Gasteiger partial charge in [-0.05, 0) is 24.3 Å². The average Bonchev–Trinajstić information content (AvgIpc) is 2.62. The Morgan fingerprint density at radius 1 is 0.714 bits per heavy atom. The summed E-state index contributed by atoms with van der Waals surface area (Å²) in [6.07, 6.45) is 0.437. The van der Waals surface area contributed by atoms with Gasteiger partial charge in [0.15, 0.2) is 6.29 Å². The molecule has 3 aromatic carbocycles. The maximum absolute atomic E-state index is 11.8. The lowest BCUT2D eigenvalue weighted by molar-refractivity contribution is 0.112. The van der Waals surface area contributed by atoms with E-state index in [9.17, 15) is 25.2 Å². The SMILES string of the molecule is O=Cc1c(Nc2ccc(O)cc2Cl)c(O)cc(O)c1Nc1ccc(O)cc1Cl.